The summed E-state index contributed by atoms with van der Waals surface area (Å²) < 4.78 is 41.5. The van der Waals surface area contributed by atoms with Crippen molar-refractivity contribution in [2.45, 2.75) is 4.90 Å². The lowest BCUT2D eigenvalue weighted by molar-refractivity contribution is -0.131. The van der Waals surface area contributed by atoms with Gasteiger partial charge in [0.1, 0.15) is 10.6 Å². The first-order chi connectivity index (χ1) is 15.7. The average Bonchev–Trinajstić information content (AvgIpc) is 3.31. The molecule has 33 heavy (non-hydrogen) atoms. The fourth-order valence-electron chi connectivity index (χ4n) is 2.91. The van der Waals surface area contributed by atoms with Gasteiger partial charge in [0.15, 0.2) is 16.6 Å². The number of nitrogens with zero attached hydrogens (tertiary/aromatic N) is 2. The van der Waals surface area contributed by atoms with Gasteiger partial charge < -0.3 is 24.2 Å². The van der Waals surface area contributed by atoms with Crippen LogP contribution in [0.1, 0.15) is 16.1 Å². The number of carbonyl (C=O) groups excluding carboxylic acids is 1. The highest BCUT2D eigenvalue weighted by Crippen LogP contribution is 2.36. The molecule has 1 amide bonds. The summed E-state index contributed by atoms with van der Waals surface area (Å²) in [5.41, 5.74) is 2.41. The largest absolute Gasteiger partial charge is 0.493 e. The predicted octanol–water partition coefficient (Wildman–Crippen LogP) is 0.718. The number of carboxylic acids is 1. The zero-order valence-corrected chi connectivity index (χ0v) is 19.4. The summed E-state index contributed by atoms with van der Waals surface area (Å²) in [6.07, 6.45) is 2.05. The highest BCUT2D eigenvalue weighted by molar-refractivity contribution is 7.89. The number of anilines is 1. The van der Waals surface area contributed by atoms with E-state index < -0.39 is 21.9 Å². The first-order valence-corrected chi connectivity index (χ1v) is 11.9. The number of carboxylic acid groups (broad SMARTS) is 1. The van der Waals surface area contributed by atoms with Crippen molar-refractivity contribution >= 4 is 44.4 Å². The van der Waals surface area contributed by atoms with Gasteiger partial charge in [0.2, 0.25) is 0 Å². The van der Waals surface area contributed by atoms with Crippen LogP contribution in [0.4, 0.5) is 5.13 Å². The highest BCUT2D eigenvalue weighted by atomic mass is 32.2. The van der Waals surface area contributed by atoms with Crippen LogP contribution in [0.2, 0.25) is 0 Å². The fraction of sp³-hybridized carbons (Fsp3) is 0.316. The number of morpholine rings is 1. The molecule has 3 rings (SSSR count). The second-order valence-electron chi connectivity index (χ2n) is 6.60. The topological polar surface area (TPSA) is 156 Å². The summed E-state index contributed by atoms with van der Waals surface area (Å²) in [5.74, 6) is -2.01. The Hall–Kier alpha value is -3.20. The third-order valence-corrected chi connectivity index (χ3v) is 6.63. The first-order valence-electron chi connectivity index (χ1n) is 9.52. The van der Waals surface area contributed by atoms with Crippen molar-refractivity contribution in [2.24, 2.45) is 0 Å². The van der Waals surface area contributed by atoms with E-state index in [1.165, 1.54) is 49.1 Å². The lowest BCUT2D eigenvalue weighted by Gasteiger charge is -2.25. The molecule has 1 fully saturated rings. The second kappa shape index (κ2) is 10.6. The third kappa shape index (κ3) is 5.98. The summed E-state index contributed by atoms with van der Waals surface area (Å²) in [5, 5.41) is 11.0. The molecular formula is C19H22N4O8S2. The summed E-state index contributed by atoms with van der Waals surface area (Å²) in [6, 6.07) is 2.60. The number of hydrazine groups is 1. The Morgan fingerprint density at radius 1 is 1.24 bits per heavy atom. The zero-order valence-electron chi connectivity index (χ0n) is 17.7. The van der Waals surface area contributed by atoms with E-state index in [0.717, 1.165) is 6.08 Å². The molecule has 3 N–H and O–H groups in total. The van der Waals surface area contributed by atoms with E-state index in [9.17, 15) is 18.0 Å². The summed E-state index contributed by atoms with van der Waals surface area (Å²) in [7, 11) is -1.77. The van der Waals surface area contributed by atoms with Crippen molar-refractivity contribution < 1.29 is 37.3 Å². The summed E-state index contributed by atoms with van der Waals surface area (Å²) in [4.78, 5) is 31.2. The minimum Gasteiger partial charge on any atom is -0.493 e. The maximum Gasteiger partial charge on any atom is 0.328 e. The standard InChI is InChI=1S/C19H22N4O8S2/c1-29-14-9-12(3-4-16(24)25)10-15(17(14)30-2)33(27,28)22-21-18(26)13-11-32-19(20-13)23-5-7-31-8-6-23/h3-4,9-11,22H,5-8H2,1-2H3,(H,21,26)(H,24,25)/b4-3+. The minimum absolute atomic E-state index is 0.0480. The number of aromatic nitrogens is 1. The summed E-state index contributed by atoms with van der Waals surface area (Å²) in [6.45, 7) is 2.42. The normalized spacial score (nSPS) is 14.3. The Bertz CT molecular complexity index is 1160. The third-order valence-electron chi connectivity index (χ3n) is 4.48. The van der Waals surface area contributed by atoms with Gasteiger partial charge in [-0.3, -0.25) is 10.2 Å². The number of ether oxygens (including phenoxy) is 3. The van der Waals surface area contributed by atoms with E-state index in [4.69, 9.17) is 19.3 Å². The lowest BCUT2D eigenvalue weighted by Crippen LogP contribution is -2.42. The van der Waals surface area contributed by atoms with Crippen LogP contribution in [0.5, 0.6) is 11.5 Å². The van der Waals surface area contributed by atoms with Crippen molar-refractivity contribution in [3.05, 3.63) is 34.8 Å². The number of thiazole rings is 1. The van der Waals surface area contributed by atoms with Crippen LogP contribution in [0.3, 0.4) is 0 Å². The molecular weight excluding hydrogens is 476 g/mol. The molecule has 1 aliphatic rings. The molecule has 0 unspecified atom stereocenters. The van der Waals surface area contributed by atoms with Crippen LogP contribution in [0, 0.1) is 0 Å². The zero-order chi connectivity index (χ0) is 24.0. The van der Waals surface area contributed by atoms with Crippen molar-refractivity contribution in [1.29, 1.82) is 0 Å². The van der Waals surface area contributed by atoms with E-state index in [1.54, 1.807) is 0 Å². The Kier molecular flexibility index (Phi) is 7.86. The molecule has 12 nitrogen and oxygen atoms in total. The van der Waals surface area contributed by atoms with Crippen molar-refractivity contribution in [1.82, 2.24) is 15.2 Å². The maximum atomic E-state index is 12.9. The average molecular weight is 499 g/mol. The van der Waals surface area contributed by atoms with Crippen LogP contribution in [0.25, 0.3) is 6.08 Å². The Labute approximate surface area is 193 Å². The van der Waals surface area contributed by atoms with Gasteiger partial charge in [0, 0.05) is 24.5 Å². The quantitative estimate of drug-likeness (QED) is 0.332. The van der Waals surface area contributed by atoms with Gasteiger partial charge in [0.25, 0.3) is 15.9 Å². The smallest absolute Gasteiger partial charge is 0.328 e. The van der Waals surface area contributed by atoms with Crippen molar-refractivity contribution in [3.8, 4) is 11.5 Å². The molecule has 0 atom stereocenters. The number of rotatable bonds is 9. The van der Waals surface area contributed by atoms with Crippen molar-refractivity contribution in [2.75, 3.05) is 45.4 Å². The monoisotopic (exact) mass is 498 g/mol. The minimum atomic E-state index is -4.33. The van der Waals surface area contributed by atoms with Gasteiger partial charge >= 0.3 is 5.97 Å². The molecule has 2 heterocycles. The van der Waals surface area contributed by atoms with E-state index >= 15 is 0 Å². The summed E-state index contributed by atoms with van der Waals surface area (Å²) >= 11 is 1.26. The molecule has 2 aromatic rings. The predicted molar refractivity (Wildman–Crippen MR) is 119 cm³/mol. The molecule has 0 radical (unpaired) electrons. The molecule has 178 valence electrons. The van der Waals surface area contributed by atoms with Crippen LogP contribution < -0.4 is 24.6 Å². The molecule has 1 saturated heterocycles. The van der Waals surface area contributed by atoms with Crippen LogP contribution in [-0.2, 0) is 19.6 Å². The Morgan fingerprint density at radius 2 is 1.97 bits per heavy atom. The molecule has 14 heteroatoms. The lowest BCUT2D eigenvalue weighted by atomic mass is 10.2. The van der Waals surface area contributed by atoms with Gasteiger partial charge in [0.05, 0.1) is 27.4 Å². The molecule has 0 spiro atoms. The van der Waals surface area contributed by atoms with Gasteiger partial charge in [-0.2, -0.15) is 0 Å². The number of amides is 1. The number of methoxy groups -OCH3 is 2. The number of carbonyl (C=O) groups is 2. The van der Waals surface area contributed by atoms with Crippen LogP contribution in [-0.4, -0.2) is 70.9 Å². The number of sulfonamides is 1. The molecule has 0 aliphatic carbocycles. The maximum absolute atomic E-state index is 12.9. The fourth-order valence-corrected chi connectivity index (χ4v) is 4.83. The van der Waals surface area contributed by atoms with Gasteiger partial charge in [-0.15, -0.1) is 16.2 Å². The van der Waals surface area contributed by atoms with Gasteiger partial charge in [-0.25, -0.2) is 18.2 Å². The highest BCUT2D eigenvalue weighted by Gasteiger charge is 2.25. The van der Waals surface area contributed by atoms with E-state index in [2.05, 4.69) is 10.4 Å². The van der Waals surface area contributed by atoms with Crippen LogP contribution in [0.15, 0.2) is 28.5 Å². The molecule has 1 aromatic carbocycles. The Balaban J connectivity index is 1.79. The van der Waals surface area contributed by atoms with Crippen LogP contribution >= 0.6 is 11.3 Å². The molecule has 0 bridgehead atoms. The number of benzene rings is 1. The van der Waals surface area contributed by atoms with Gasteiger partial charge in [-0.1, -0.05) is 0 Å². The van der Waals surface area contributed by atoms with Gasteiger partial charge in [-0.05, 0) is 23.8 Å². The van der Waals surface area contributed by atoms with Crippen molar-refractivity contribution in [3.63, 3.8) is 0 Å². The second-order valence-corrected chi connectivity index (χ2v) is 9.09. The van der Waals surface area contributed by atoms with E-state index in [1.807, 2.05) is 9.73 Å². The van der Waals surface area contributed by atoms with E-state index in [-0.39, 0.29) is 27.7 Å². The molecule has 1 aromatic heterocycles. The van der Waals surface area contributed by atoms with E-state index in [0.29, 0.717) is 31.4 Å². The number of hydrogen-bond donors (Lipinski definition) is 3. The number of nitrogens with one attached hydrogen (secondary N) is 2. The Morgan fingerprint density at radius 3 is 2.61 bits per heavy atom. The number of aliphatic carboxylic acids is 1. The SMILES string of the molecule is COc1cc(/C=C/C(=O)O)cc(S(=O)(=O)NNC(=O)c2csc(N3CCOCC3)n2)c1OC. The molecule has 1 aliphatic heterocycles. The first kappa shape index (κ1) is 24.4. The number of hydrogen-bond acceptors (Lipinski definition) is 10. The molecule has 0 saturated carbocycles.